The zero-order chi connectivity index (χ0) is 52.5. The Morgan fingerprint density at radius 1 is 0.306 bits per heavy atom. The summed E-state index contributed by atoms with van der Waals surface area (Å²) >= 11 is 0. The van der Waals surface area contributed by atoms with Crippen LogP contribution in [0.25, 0.3) is 0 Å². The Hall–Kier alpha value is -1.73. The topological polar surface area (TPSA) is 501 Å². The summed E-state index contributed by atoms with van der Waals surface area (Å²) in [5.41, 5.74) is 0. The highest BCUT2D eigenvalue weighted by Gasteiger charge is 2.59. The Labute approximate surface area is 407 Å². The van der Waals surface area contributed by atoms with E-state index in [0.717, 1.165) is 0 Å². The monoisotopic (exact) mass is 1060 g/mol. The molecule has 12 bridgehead atoms. The zero-order valence-corrected chi connectivity index (χ0v) is 37.9. The van der Waals surface area contributed by atoms with Gasteiger partial charge in [-0.05, 0) is 6.42 Å². The van der Waals surface area contributed by atoms with Crippen molar-refractivity contribution in [2.75, 3.05) is 46.2 Å². The Bertz CT molecular complexity index is 1680. The molecule has 0 aromatic carbocycles. The molecular formula is C40H66O32. The van der Waals surface area contributed by atoms with Crippen LogP contribution < -0.4 is 0 Å². The maximum Gasteiger partial charge on any atom is 0.306 e. The van der Waals surface area contributed by atoms with Gasteiger partial charge in [0.05, 0.1) is 39.6 Å². The summed E-state index contributed by atoms with van der Waals surface area (Å²) in [6.45, 7) is -6.69. The molecule has 0 aliphatic carbocycles. The number of carbonyl (C=O) groups excluding carboxylic acids is 1. The van der Waals surface area contributed by atoms with E-state index in [-0.39, 0.29) is 6.42 Å². The lowest BCUT2D eigenvalue weighted by Gasteiger charge is -2.51. The van der Waals surface area contributed by atoms with E-state index in [9.17, 15) is 96.7 Å². The van der Waals surface area contributed by atoms with Gasteiger partial charge in [0.15, 0.2) is 43.8 Å². The Morgan fingerprint density at radius 3 is 0.764 bits per heavy atom. The molecule has 32 nitrogen and oxygen atoms in total. The molecule has 32 heteroatoms. The van der Waals surface area contributed by atoms with Crippen molar-refractivity contribution in [1.82, 2.24) is 0 Å². The molecule has 22 heterocycles. The van der Waals surface area contributed by atoms with Crippen LogP contribution >= 0.6 is 0 Å². The van der Waals surface area contributed by atoms with Crippen LogP contribution in [0.5, 0.6) is 0 Å². The van der Waals surface area contributed by atoms with Gasteiger partial charge >= 0.3 is 5.97 Å². The highest BCUT2D eigenvalue weighted by Crippen LogP contribution is 2.38. The van der Waals surface area contributed by atoms with Crippen LogP contribution in [0.4, 0.5) is 0 Å². The van der Waals surface area contributed by atoms with Gasteiger partial charge in [-0.3, -0.25) is 4.79 Å². The molecule has 418 valence electrons. The van der Waals surface area contributed by atoms with E-state index >= 15 is 0 Å². The Morgan fingerprint density at radius 2 is 0.528 bits per heavy atom. The lowest BCUT2D eigenvalue weighted by molar-refractivity contribution is -0.404. The van der Waals surface area contributed by atoms with Crippen LogP contribution in [0.15, 0.2) is 0 Å². The van der Waals surface area contributed by atoms with Gasteiger partial charge in [-0.1, -0.05) is 0 Å². The second-order valence-corrected chi connectivity index (χ2v) is 18.1. The maximum absolute atomic E-state index is 13.0. The molecule has 22 aliphatic rings. The minimum Gasteiger partial charge on any atom is -0.456 e. The van der Waals surface area contributed by atoms with E-state index in [1.807, 2.05) is 0 Å². The molecule has 0 amide bonds. The highest BCUT2D eigenvalue weighted by atomic mass is 16.8. The van der Waals surface area contributed by atoms with E-state index in [1.165, 1.54) is 0 Å². The standard InChI is InChI=1S/C40H66O32/c41-3-1-2-16(48)66-34-27(59)40-65-15(9-47)33(34)72-39-26(58)21(53)31(13(7-45)64-39)70-37-24(56)19(51)29(11(5-43)62-37)68-35-22(54)17(49)28(10(4-42)60-35)67-36-23(55)18(50)30(12(6-44)61-36)69-38-25(57)20(52)32(71-40)14(8-46)63-38/h10-15,17-47,49-59H,1-9H2/t10-,11-,12-,13-,14-,15-,17-,18-,19-,20-,21-,22-,23-,24-,25-,26-,27-,28-,29-,30-,31-,32-,33+,34-,35-,36-,37-,38-,39-,40-/m1/s1. The number of esters is 1. The van der Waals surface area contributed by atoms with Crippen molar-refractivity contribution in [2.45, 2.75) is 197 Å². The van der Waals surface area contributed by atoms with E-state index in [2.05, 4.69) is 0 Å². The lowest BCUT2D eigenvalue weighted by atomic mass is 9.94. The number of ether oxygens (including phenoxy) is 13. The first kappa shape index (κ1) is 58.0. The molecule has 22 rings (SSSR count). The van der Waals surface area contributed by atoms with Gasteiger partial charge in [-0.2, -0.15) is 0 Å². The van der Waals surface area contributed by atoms with E-state index < -0.39 is 243 Å². The molecule has 18 N–H and O–H groups in total. The predicted octanol–water partition coefficient (Wildman–Crippen LogP) is -12.7. The van der Waals surface area contributed by atoms with Crippen molar-refractivity contribution in [1.29, 1.82) is 0 Å². The van der Waals surface area contributed by atoms with Crippen molar-refractivity contribution in [3.8, 4) is 0 Å². The molecule has 30 atom stereocenters. The number of carbonyl (C=O) groups is 1. The van der Waals surface area contributed by atoms with E-state index in [1.54, 1.807) is 0 Å². The number of hydrogen-bond acceptors (Lipinski definition) is 32. The van der Waals surface area contributed by atoms with Crippen molar-refractivity contribution >= 4 is 5.97 Å². The molecule has 0 aromatic heterocycles. The first-order chi connectivity index (χ1) is 34.4. The summed E-state index contributed by atoms with van der Waals surface area (Å²) in [5, 5.41) is 196. The molecule has 0 aromatic rings. The number of rotatable bonds is 10. The molecule has 22 aliphatic heterocycles. The van der Waals surface area contributed by atoms with Gasteiger partial charge in [0, 0.05) is 13.0 Å². The lowest BCUT2D eigenvalue weighted by Crippen LogP contribution is -2.69. The molecule has 0 saturated carbocycles. The molecular weight excluding hydrogens is 992 g/mol. The van der Waals surface area contributed by atoms with Crippen LogP contribution in [0.3, 0.4) is 0 Å². The summed E-state index contributed by atoms with van der Waals surface area (Å²) in [4.78, 5) is 13.0. The van der Waals surface area contributed by atoms with E-state index in [4.69, 9.17) is 61.6 Å². The minimum absolute atomic E-state index is 0.137. The van der Waals surface area contributed by atoms with Crippen molar-refractivity contribution in [3.05, 3.63) is 0 Å². The van der Waals surface area contributed by atoms with E-state index in [0.29, 0.717) is 0 Å². The molecule has 72 heavy (non-hydrogen) atoms. The predicted molar refractivity (Wildman–Crippen MR) is 216 cm³/mol. The number of aliphatic hydroxyl groups excluding tert-OH is 18. The van der Waals surface area contributed by atoms with Crippen LogP contribution in [-0.4, -0.2) is 328 Å². The number of aliphatic hydroxyl groups is 18. The summed E-state index contributed by atoms with van der Waals surface area (Å²) in [5.74, 6) is -1.07. The van der Waals surface area contributed by atoms with Crippen molar-refractivity contribution in [2.24, 2.45) is 0 Å². The minimum atomic E-state index is -2.22. The van der Waals surface area contributed by atoms with Crippen molar-refractivity contribution in [3.63, 3.8) is 0 Å². The van der Waals surface area contributed by atoms with Gasteiger partial charge in [-0.15, -0.1) is 0 Å². The average molecular weight is 1060 g/mol. The zero-order valence-electron chi connectivity index (χ0n) is 37.9. The molecule has 22 saturated heterocycles. The van der Waals surface area contributed by atoms with Gasteiger partial charge in [0.25, 0.3) is 0 Å². The summed E-state index contributed by atoms with van der Waals surface area (Å²) in [6, 6.07) is 0. The first-order valence-electron chi connectivity index (χ1n) is 23.2. The summed E-state index contributed by atoms with van der Waals surface area (Å²) < 4.78 is 74.3. The van der Waals surface area contributed by atoms with Gasteiger partial charge in [-0.25, -0.2) is 0 Å². The average Bonchev–Trinajstić information content (AvgIpc) is 3.37. The first-order valence-corrected chi connectivity index (χ1v) is 23.2. The smallest absolute Gasteiger partial charge is 0.306 e. The molecule has 22 fully saturated rings. The molecule has 0 radical (unpaired) electrons. The van der Waals surface area contributed by atoms with Crippen LogP contribution in [0.1, 0.15) is 12.8 Å². The Balaban J connectivity index is 1.22. The van der Waals surface area contributed by atoms with Gasteiger partial charge < -0.3 is 153 Å². The third-order valence-electron chi connectivity index (χ3n) is 13.5. The van der Waals surface area contributed by atoms with Crippen LogP contribution in [0, 0.1) is 0 Å². The van der Waals surface area contributed by atoms with Gasteiger partial charge in [0.1, 0.15) is 140 Å². The second kappa shape index (κ2) is 25.2. The quantitative estimate of drug-likeness (QED) is 0.0903. The fourth-order valence-electron chi connectivity index (χ4n) is 9.48. The Kier molecular flexibility index (Phi) is 20.3. The summed E-state index contributed by atoms with van der Waals surface area (Å²) in [7, 11) is 0. The third-order valence-corrected chi connectivity index (χ3v) is 13.5. The maximum atomic E-state index is 13.0. The van der Waals surface area contributed by atoms with Crippen molar-refractivity contribution < 1.29 is 158 Å². The molecule has 0 unspecified atom stereocenters. The third kappa shape index (κ3) is 11.7. The summed E-state index contributed by atoms with van der Waals surface area (Å²) in [6.07, 6.45) is -60.3. The largest absolute Gasteiger partial charge is 0.456 e. The fourth-order valence-corrected chi connectivity index (χ4v) is 9.48. The second-order valence-electron chi connectivity index (χ2n) is 18.1. The fraction of sp³-hybridized carbons (Fsp3) is 0.975. The van der Waals surface area contributed by atoms with Crippen LogP contribution in [0.2, 0.25) is 0 Å². The van der Waals surface area contributed by atoms with Crippen LogP contribution in [-0.2, 0) is 66.4 Å². The van der Waals surface area contributed by atoms with Gasteiger partial charge in [0.2, 0.25) is 0 Å². The SMILES string of the molecule is O=C(CCCO)O[C@@H]1[C@@H](O)[C@H]2O[C@H]3[C@H](O)[C@@H](O)[C@@H](O[C@H]4[C@H](O)[C@@H](O)[C@@H](O[C@H]5[C@H](O)[C@@H](O)[C@@H](O[C@H]6[C@H](O)[C@@H](O)[C@@H](O[C@H]7[C@H](O)[C@@H](O)[C@@H](O[C@H]1[C@@H](CO)O2)O[C@@H]7CO)O[C@@H]6CO)O[C@@H]5CO)O[C@@H]4CO)O[C@@H]3CO. The highest BCUT2D eigenvalue weighted by molar-refractivity contribution is 5.69. The normalized spacial score (nSPS) is 51.6. The molecule has 0 spiro atoms. The number of hydrogen-bond donors (Lipinski definition) is 18.